The van der Waals surface area contributed by atoms with E-state index < -0.39 is 0 Å². The van der Waals surface area contributed by atoms with E-state index in [1.807, 2.05) is 36.4 Å². The third-order valence-electron chi connectivity index (χ3n) is 3.94. The van der Waals surface area contributed by atoms with Gasteiger partial charge in [0.1, 0.15) is 5.82 Å². The van der Waals surface area contributed by atoms with Gasteiger partial charge in [-0.25, -0.2) is 4.68 Å². The summed E-state index contributed by atoms with van der Waals surface area (Å²) in [6, 6.07) is 17.4. The largest absolute Gasteiger partial charge is 0.326 e. The molecule has 0 spiro atoms. The minimum absolute atomic E-state index is 0.0954. The van der Waals surface area contributed by atoms with Crippen LogP contribution in [0.25, 0.3) is 0 Å². The molecule has 0 saturated carbocycles. The molecule has 1 heterocycles. The van der Waals surface area contributed by atoms with Gasteiger partial charge in [-0.3, -0.25) is 9.59 Å². The molecule has 0 bridgehead atoms. The average molecular weight is 395 g/mol. The number of hydrogen-bond acceptors (Lipinski definition) is 4. The van der Waals surface area contributed by atoms with Crippen LogP contribution in [-0.4, -0.2) is 27.3 Å². The number of carbonyl (C=O) groups is 2. The fourth-order valence-corrected chi connectivity index (χ4v) is 3.41. The minimum atomic E-state index is -0.109. The maximum absolute atomic E-state index is 12.3. The van der Waals surface area contributed by atoms with Crippen molar-refractivity contribution in [2.45, 2.75) is 25.3 Å². The predicted octanol–water partition coefficient (Wildman–Crippen LogP) is 3.93. The Bertz CT molecular complexity index is 967. The van der Waals surface area contributed by atoms with Crippen LogP contribution in [0.15, 0.2) is 65.7 Å². The van der Waals surface area contributed by atoms with Gasteiger partial charge < -0.3 is 10.6 Å². The Morgan fingerprint density at radius 2 is 1.86 bits per heavy atom. The molecule has 0 atom stereocenters. The summed E-state index contributed by atoms with van der Waals surface area (Å²) < 4.78 is 1.78. The van der Waals surface area contributed by atoms with E-state index in [4.69, 9.17) is 0 Å². The highest BCUT2D eigenvalue weighted by Gasteiger charge is 2.09. The summed E-state index contributed by atoms with van der Waals surface area (Å²) in [7, 11) is 0. The molecule has 144 valence electrons. The number of nitrogens with zero attached hydrogens (tertiary/aromatic N) is 2. The molecule has 3 aromatic rings. The van der Waals surface area contributed by atoms with Gasteiger partial charge >= 0.3 is 0 Å². The van der Waals surface area contributed by atoms with Crippen LogP contribution >= 0.6 is 11.8 Å². The lowest BCUT2D eigenvalue weighted by Crippen LogP contribution is -2.17. The number of aromatic nitrogens is 2. The molecule has 0 radical (unpaired) electrons. The molecule has 3 rings (SSSR count). The molecule has 2 N–H and O–H groups in total. The van der Waals surface area contributed by atoms with Crippen molar-refractivity contribution in [2.24, 2.45) is 0 Å². The molecule has 0 aliphatic rings. The normalized spacial score (nSPS) is 10.5. The standard InChI is InChI=1S/C21H22N4O2S/c1-15-4-3-5-17(12-15)13-25-20(10-11-22-25)24-21(27)14-28-19-8-6-18(7-9-19)23-16(2)26/h3-12H,13-14H2,1-2H3,(H,23,26)(H,24,27). The molecule has 2 amide bonds. The molecule has 7 heteroatoms. The molecule has 1 aromatic heterocycles. The van der Waals surface area contributed by atoms with Gasteiger partial charge in [0.05, 0.1) is 18.5 Å². The smallest absolute Gasteiger partial charge is 0.235 e. The minimum Gasteiger partial charge on any atom is -0.326 e. The van der Waals surface area contributed by atoms with Gasteiger partial charge in [-0.2, -0.15) is 5.10 Å². The zero-order valence-electron chi connectivity index (χ0n) is 15.8. The maximum atomic E-state index is 12.3. The van der Waals surface area contributed by atoms with Gasteiger partial charge in [0.2, 0.25) is 11.8 Å². The zero-order chi connectivity index (χ0) is 19.9. The molecular formula is C21H22N4O2S. The summed E-state index contributed by atoms with van der Waals surface area (Å²) in [5.41, 5.74) is 3.06. The maximum Gasteiger partial charge on any atom is 0.235 e. The van der Waals surface area contributed by atoms with E-state index >= 15 is 0 Å². The second-order valence-corrected chi connectivity index (χ2v) is 7.45. The van der Waals surface area contributed by atoms with Gasteiger partial charge in [-0.15, -0.1) is 11.8 Å². The monoisotopic (exact) mass is 394 g/mol. The molecule has 0 saturated heterocycles. The highest BCUT2D eigenvalue weighted by molar-refractivity contribution is 8.00. The van der Waals surface area contributed by atoms with E-state index in [2.05, 4.69) is 34.8 Å². The van der Waals surface area contributed by atoms with Crippen molar-refractivity contribution in [3.05, 3.63) is 71.9 Å². The number of carbonyl (C=O) groups excluding carboxylic acids is 2. The molecule has 0 fully saturated rings. The van der Waals surface area contributed by atoms with E-state index in [9.17, 15) is 9.59 Å². The Labute approximate surface area is 168 Å². The Balaban J connectivity index is 1.54. The van der Waals surface area contributed by atoms with Crippen LogP contribution < -0.4 is 10.6 Å². The van der Waals surface area contributed by atoms with Crippen molar-refractivity contribution in [2.75, 3.05) is 16.4 Å². The number of thioether (sulfide) groups is 1. The number of benzene rings is 2. The Kier molecular flexibility index (Phi) is 6.49. The van der Waals surface area contributed by atoms with Crippen LogP contribution in [0.3, 0.4) is 0 Å². The molecule has 6 nitrogen and oxygen atoms in total. The topological polar surface area (TPSA) is 76.0 Å². The van der Waals surface area contributed by atoms with E-state index in [1.165, 1.54) is 24.2 Å². The van der Waals surface area contributed by atoms with Gasteiger partial charge in [-0.05, 0) is 36.8 Å². The van der Waals surface area contributed by atoms with Crippen LogP contribution in [0.2, 0.25) is 0 Å². The van der Waals surface area contributed by atoms with E-state index in [-0.39, 0.29) is 17.6 Å². The molecule has 0 aliphatic carbocycles. The zero-order valence-corrected chi connectivity index (χ0v) is 16.6. The lowest BCUT2D eigenvalue weighted by atomic mass is 10.1. The SMILES string of the molecule is CC(=O)Nc1ccc(SCC(=O)Nc2ccnn2Cc2cccc(C)c2)cc1. The second kappa shape index (κ2) is 9.23. The molecule has 0 unspecified atom stereocenters. The molecule has 28 heavy (non-hydrogen) atoms. The fraction of sp³-hybridized carbons (Fsp3) is 0.190. The lowest BCUT2D eigenvalue weighted by molar-refractivity contribution is -0.114. The summed E-state index contributed by atoms with van der Waals surface area (Å²) in [6.45, 7) is 4.12. The van der Waals surface area contributed by atoms with Crippen LogP contribution in [0.5, 0.6) is 0 Å². The first-order valence-electron chi connectivity index (χ1n) is 8.87. The summed E-state index contributed by atoms with van der Waals surface area (Å²) >= 11 is 1.44. The highest BCUT2D eigenvalue weighted by atomic mass is 32.2. The third-order valence-corrected chi connectivity index (χ3v) is 4.96. The number of hydrogen-bond donors (Lipinski definition) is 2. The van der Waals surface area contributed by atoms with Crippen LogP contribution in [0, 0.1) is 6.92 Å². The fourth-order valence-electron chi connectivity index (χ4n) is 2.71. The van der Waals surface area contributed by atoms with E-state index in [0.717, 1.165) is 16.1 Å². The van der Waals surface area contributed by atoms with Crippen molar-refractivity contribution in [3.8, 4) is 0 Å². The number of anilines is 2. The highest BCUT2D eigenvalue weighted by Crippen LogP contribution is 2.21. The average Bonchev–Trinajstić information content (AvgIpc) is 3.07. The van der Waals surface area contributed by atoms with Crippen molar-refractivity contribution >= 4 is 35.1 Å². The van der Waals surface area contributed by atoms with Gasteiger partial charge in [0, 0.05) is 23.6 Å². The van der Waals surface area contributed by atoms with Gasteiger partial charge in [-0.1, -0.05) is 29.8 Å². The first-order chi connectivity index (χ1) is 13.5. The number of rotatable bonds is 7. The van der Waals surface area contributed by atoms with Crippen molar-refractivity contribution in [1.29, 1.82) is 0 Å². The molecular weight excluding hydrogens is 372 g/mol. The summed E-state index contributed by atoms with van der Waals surface area (Å²) in [5, 5.41) is 9.94. The number of aryl methyl sites for hydroxylation is 1. The van der Waals surface area contributed by atoms with Crippen molar-refractivity contribution in [1.82, 2.24) is 9.78 Å². The molecule has 2 aromatic carbocycles. The van der Waals surface area contributed by atoms with Crippen LogP contribution in [-0.2, 0) is 16.1 Å². The summed E-state index contributed by atoms with van der Waals surface area (Å²) in [4.78, 5) is 24.3. The second-order valence-electron chi connectivity index (χ2n) is 6.41. The third kappa shape index (κ3) is 5.72. The van der Waals surface area contributed by atoms with Crippen LogP contribution in [0.1, 0.15) is 18.1 Å². The Morgan fingerprint density at radius 3 is 2.57 bits per heavy atom. The number of nitrogens with one attached hydrogen (secondary N) is 2. The first kappa shape index (κ1) is 19.7. The first-order valence-corrected chi connectivity index (χ1v) is 9.86. The number of amides is 2. The van der Waals surface area contributed by atoms with Crippen molar-refractivity contribution in [3.63, 3.8) is 0 Å². The Morgan fingerprint density at radius 1 is 1.07 bits per heavy atom. The lowest BCUT2D eigenvalue weighted by Gasteiger charge is -2.10. The van der Waals surface area contributed by atoms with Crippen molar-refractivity contribution < 1.29 is 9.59 Å². The van der Waals surface area contributed by atoms with E-state index in [0.29, 0.717) is 12.4 Å². The summed E-state index contributed by atoms with van der Waals surface area (Å²) in [6.07, 6.45) is 1.68. The van der Waals surface area contributed by atoms with E-state index in [1.54, 1.807) is 16.9 Å². The van der Waals surface area contributed by atoms with Gasteiger partial charge in [0.15, 0.2) is 0 Å². The quantitative estimate of drug-likeness (QED) is 0.596. The van der Waals surface area contributed by atoms with Crippen LogP contribution in [0.4, 0.5) is 11.5 Å². The Hall–Kier alpha value is -3.06. The summed E-state index contributed by atoms with van der Waals surface area (Å²) in [5.74, 6) is 0.756. The predicted molar refractivity (Wildman–Crippen MR) is 113 cm³/mol. The van der Waals surface area contributed by atoms with Gasteiger partial charge in [0.25, 0.3) is 0 Å². The molecule has 0 aliphatic heterocycles.